The molecule has 0 spiro atoms. The zero-order valence-electron chi connectivity index (χ0n) is 10.6. The van der Waals surface area contributed by atoms with E-state index in [1.165, 1.54) is 0 Å². The summed E-state index contributed by atoms with van der Waals surface area (Å²) in [5, 5.41) is 9.99. The van der Waals surface area contributed by atoms with Crippen molar-refractivity contribution in [3.05, 3.63) is 0 Å². The predicted octanol–water partition coefficient (Wildman–Crippen LogP) is -2.55. The molecule has 0 unspecified atom stereocenters. The molecule has 96 valence electrons. The molecule has 0 rings (SSSR count). The van der Waals surface area contributed by atoms with Crippen LogP contribution in [0.4, 0.5) is 0 Å². The van der Waals surface area contributed by atoms with Crippen molar-refractivity contribution < 1.29 is 52.1 Å². The first-order valence-electron chi connectivity index (χ1n) is 5.55. The molecule has 0 aromatic rings. The maximum Gasteiger partial charge on any atom is 1.00 e. The van der Waals surface area contributed by atoms with Gasteiger partial charge in [-0.3, -0.25) is 4.18 Å². The van der Waals surface area contributed by atoms with Gasteiger partial charge in [-0.05, 0) is 6.42 Å². The van der Waals surface area contributed by atoms with E-state index in [9.17, 15) is 18.3 Å². The van der Waals surface area contributed by atoms with Crippen LogP contribution in [0.15, 0.2) is 0 Å². The molecule has 0 heterocycles. The van der Waals surface area contributed by atoms with Crippen LogP contribution in [0.1, 0.15) is 45.4 Å². The number of carbonyl (C=O) groups is 1. The molecule has 0 atom stereocenters. The summed E-state index contributed by atoms with van der Waals surface area (Å²) in [6.07, 6.45) is 5.76. The average Bonchev–Trinajstić information content (AvgIpc) is 2.21. The Morgan fingerprint density at radius 1 is 1.12 bits per heavy atom. The molecule has 7 heteroatoms. The number of unbranched alkanes of at least 4 members (excludes halogenated alkanes) is 5. The number of hydrogen-bond donors (Lipinski definition) is 0. The number of rotatable bonds is 10. The Balaban J connectivity index is 0. The standard InChI is InChI=1S/C10H20O5S.Na/c1-2-3-4-5-6-7-8-16(13,14)15-9-10(11)12;/h2-9H2,1H3,(H,11,12);/q;+1/p-1. The minimum absolute atomic E-state index is 0. The maximum atomic E-state index is 11.1. The zero-order chi connectivity index (χ0) is 12.4. The smallest absolute Gasteiger partial charge is 0.548 e. The number of aliphatic carboxylic acids is 1. The van der Waals surface area contributed by atoms with Crippen LogP contribution in [-0.2, 0) is 19.1 Å². The minimum Gasteiger partial charge on any atom is -0.548 e. The monoisotopic (exact) mass is 274 g/mol. The van der Waals surface area contributed by atoms with Gasteiger partial charge >= 0.3 is 29.6 Å². The number of hydrogen-bond acceptors (Lipinski definition) is 5. The van der Waals surface area contributed by atoms with Crippen molar-refractivity contribution in [2.45, 2.75) is 45.4 Å². The largest absolute Gasteiger partial charge is 1.00 e. The molecule has 0 amide bonds. The quantitative estimate of drug-likeness (QED) is 0.249. The summed E-state index contributed by atoms with van der Waals surface area (Å²) in [5.41, 5.74) is 0. The Hall–Kier alpha value is 0.380. The van der Waals surface area contributed by atoms with Crippen molar-refractivity contribution in [2.75, 3.05) is 12.4 Å². The maximum absolute atomic E-state index is 11.1. The third-order valence-electron chi connectivity index (χ3n) is 2.10. The van der Waals surface area contributed by atoms with Crippen molar-refractivity contribution >= 4 is 16.1 Å². The summed E-state index contributed by atoms with van der Waals surface area (Å²) in [5.74, 6) is -1.64. The molecule has 0 aliphatic heterocycles. The molecule has 0 aromatic heterocycles. The minimum atomic E-state index is -3.69. The third-order valence-corrected chi connectivity index (χ3v) is 3.37. The fourth-order valence-electron chi connectivity index (χ4n) is 1.26. The fourth-order valence-corrected chi connectivity index (χ4v) is 2.21. The Morgan fingerprint density at radius 3 is 2.18 bits per heavy atom. The van der Waals surface area contributed by atoms with Crippen molar-refractivity contribution in [1.82, 2.24) is 0 Å². The molecular formula is C10H19NaO5S. The SMILES string of the molecule is CCCCCCCCS(=O)(=O)OCC(=O)[O-].[Na+]. The first-order chi connectivity index (χ1) is 7.48. The molecule has 0 N–H and O–H groups in total. The van der Waals surface area contributed by atoms with Gasteiger partial charge in [0, 0.05) is 0 Å². The van der Waals surface area contributed by atoms with E-state index >= 15 is 0 Å². The van der Waals surface area contributed by atoms with Crippen molar-refractivity contribution in [1.29, 1.82) is 0 Å². The van der Waals surface area contributed by atoms with Crippen molar-refractivity contribution in [2.24, 2.45) is 0 Å². The van der Waals surface area contributed by atoms with Gasteiger partial charge in [0.2, 0.25) is 0 Å². The Kier molecular flexibility index (Phi) is 13.3. The molecule has 0 aliphatic carbocycles. The van der Waals surface area contributed by atoms with Gasteiger partial charge in [0.05, 0.1) is 11.7 Å². The van der Waals surface area contributed by atoms with E-state index in [2.05, 4.69) is 11.1 Å². The molecule has 0 aliphatic rings. The van der Waals surface area contributed by atoms with Crippen LogP contribution in [0.2, 0.25) is 0 Å². The van der Waals surface area contributed by atoms with Crippen LogP contribution < -0.4 is 34.7 Å². The second-order valence-corrected chi connectivity index (χ2v) is 5.42. The van der Waals surface area contributed by atoms with Gasteiger partial charge < -0.3 is 9.90 Å². The van der Waals surface area contributed by atoms with Crippen molar-refractivity contribution in [3.63, 3.8) is 0 Å². The van der Waals surface area contributed by atoms with Crippen LogP contribution >= 0.6 is 0 Å². The third kappa shape index (κ3) is 14.3. The Labute approximate surface area is 125 Å². The molecule has 5 nitrogen and oxygen atoms in total. The van der Waals surface area contributed by atoms with Gasteiger partial charge in [-0.2, -0.15) is 8.42 Å². The van der Waals surface area contributed by atoms with E-state index in [-0.39, 0.29) is 35.3 Å². The van der Waals surface area contributed by atoms with Gasteiger partial charge in [-0.25, -0.2) is 0 Å². The summed E-state index contributed by atoms with van der Waals surface area (Å²) < 4.78 is 26.4. The number of carboxylic acid groups (broad SMARTS) is 1. The van der Waals surface area contributed by atoms with E-state index in [0.717, 1.165) is 32.1 Å². The molecule has 0 radical (unpaired) electrons. The predicted molar refractivity (Wildman–Crippen MR) is 58.1 cm³/mol. The number of carbonyl (C=O) groups excluding carboxylic acids is 1. The van der Waals surface area contributed by atoms with E-state index in [4.69, 9.17) is 0 Å². The first kappa shape index (κ1) is 19.7. The van der Waals surface area contributed by atoms with E-state index in [1.54, 1.807) is 0 Å². The van der Waals surface area contributed by atoms with Gasteiger partial charge in [-0.15, -0.1) is 0 Å². The summed E-state index contributed by atoms with van der Waals surface area (Å²) in [4.78, 5) is 9.99. The van der Waals surface area contributed by atoms with Crippen molar-refractivity contribution in [3.8, 4) is 0 Å². The summed E-state index contributed by atoms with van der Waals surface area (Å²) in [6.45, 7) is 1.22. The van der Waals surface area contributed by atoms with Gasteiger partial charge in [0.15, 0.2) is 0 Å². The second-order valence-electron chi connectivity index (χ2n) is 3.66. The van der Waals surface area contributed by atoms with E-state index < -0.39 is 22.7 Å². The summed E-state index contributed by atoms with van der Waals surface area (Å²) >= 11 is 0. The average molecular weight is 274 g/mol. The normalized spacial score (nSPS) is 10.9. The van der Waals surface area contributed by atoms with E-state index in [0.29, 0.717) is 6.42 Å². The van der Waals surface area contributed by atoms with Gasteiger partial charge in [0.25, 0.3) is 10.1 Å². The number of carboxylic acids is 1. The Bertz CT molecular complexity index is 289. The van der Waals surface area contributed by atoms with E-state index in [1.807, 2.05) is 0 Å². The molecule has 0 aromatic carbocycles. The van der Waals surface area contributed by atoms with Crippen LogP contribution in [0.25, 0.3) is 0 Å². The van der Waals surface area contributed by atoms with Crippen LogP contribution in [0, 0.1) is 0 Å². The molecular weight excluding hydrogens is 255 g/mol. The van der Waals surface area contributed by atoms with Crippen LogP contribution in [-0.4, -0.2) is 26.7 Å². The molecule has 0 fully saturated rings. The molecule has 0 saturated heterocycles. The topological polar surface area (TPSA) is 83.5 Å². The van der Waals surface area contributed by atoms with Crippen LogP contribution in [0.5, 0.6) is 0 Å². The first-order valence-corrected chi connectivity index (χ1v) is 7.12. The van der Waals surface area contributed by atoms with Crippen LogP contribution in [0.3, 0.4) is 0 Å². The molecule has 17 heavy (non-hydrogen) atoms. The van der Waals surface area contributed by atoms with Gasteiger partial charge in [-0.1, -0.05) is 39.0 Å². The zero-order valence-corrected chi connectivity index (χ0v) is 13.4. The Morgan fingerprint density at radius 2 is 1.65 bits per heavy atom. The molecule has 0 saturated carbocycles. The van der Waals surface area contributed by atoms with Gasteiger partial charge in [0.1, 0.15) is 6.61 Å². The molecule has 0 bridgehead atoms. The summed E-state index contributed by atoms with van der Waals surface area (Å²) in [6, 6.07) is 0. The second kappa shape index (κ2) is 11.5. The fraction of sp³-hybridized carbons (Fsp3) is 0.900. The summed E-state index contributed by atoms with van der Waals surface area (Å²) in [7, 11) is -3.69.